The van der Waals surface area contributed by atoms with Gasteiger partial charge in [-0.2, -0.15) is 0 Å². The fourth-order valence-electron chi connectivity index (χ4n) is 2.59. The monoisotopic (exact) mass is 332 g/mol. The summed E-state index contributed by atoms with van der Waals surface area (Å²) in [6.07, 6.45) is 1.75. The summed E-state index contributed by atoms with van der Waals surface area (Å²) in [6, 6.07) is 6.97. The third-order valence-corrected chi connectivity index (χ3v) is 4.20. The highest BCUT2D eigenvalue weighted by Crippen LogP contribution is 2.29. The van der Waals surface area contributed by atoms with E-state index >= 15 is 0 Å². The second-order valence-corrected chi connectivity index (χ2v) is 6.20. The van der Waals surface area contributed by atoms with Crippen LogP contribution in [0.3, 0.4) is 0 Å². The number of imide groups is 1. The molecule has 2 rings (SSSR count). The number of unbranched alkanes of at least 4 members (excludes halogenated alkanes) is 1. The van der Waals surface area contributed by atoms with E-state index in [2.05, 4.69) is 5.32 Å². The number of nitrogens with zero attached hydrogens (tertiary/aromatic N) is 1. The minimum absolute atomic E-state index is 0.00680. The zero-order valence-corrected chi connectivity index (χ0v) is 14.4. The number of ether oxygens (including phenoxy) is 1. The number of benzene rings is 1. The van der Waals surface area contributed by atoms with Crippen LogP contribution in [-0.2, 0) is 19.9 Å². The van der Waals surface area contributed by atoms with Crippen molar-refractivity contribution in [3.05, 3.63) is 35.4 Å². The van der Waals surface area contributed by atoms with Crippen molar-refractivity contribution in [3.8, 4) is 0 Å². The van der Waals surface area contributed by atoms with E-state index in [1.807, 2.05) is 38.1 Å². The van der Waals surface area contributed by atoms with Crippen LogP contribution in [0, 0.1) is 6.92 Å². The van der Waals surface area contributed by atoms with Crippen molar-refractivity contribution < 1.29 is 19.1 Å². The highest BCUT2D eigenvalue weighted by Gasteiger charge is 2.48. The van der Waals surface area contributed by atoms with Crippen molar-refractivity contribution in [3.63, 3.8) is 0 Å². The van der Waals surface area contributed by atoms with Gasteiger partial charge in [0.2, 0.25) is 0 Å². The Hall–Kier alpha value is -2.37. The number of carbonyl (C=O) groups is 3. The van der Waals surface area contributed by atoms with E-state index in [1.165, 1.54) is 0 Å². The van der Waals surface area contributed by atoms with Crippen molar-refractivity contribution in [1.29, 1.82) is 0 Å². The lowest BCUT2D eigenvalue weighted by Gasteiger charge is -2.22. The molecule has 1 aromatic carbocycles. The Morgan fingerprint density at radius 1 is 1.25 bits per heavy atom. The van der Waals surface area contributed by atoms with Crippen molar-refractivity contribution in [2.75, 3.05) is 13.2 Å². The molecule has 0 radical (unpaired) electrons. The Balaban J connectivity index is 2.01. The summed E-state index contributed by atoms with van der Waals surface area (Å²) < 4.78 is 5.05. The van der Waals surface area contributed by atoms with E-state index in [1.54, 1.807) is 6.92 Å². The molecule has 0 aliphatic carbocycles. The Kier molecular flexibility index (Phi) is 5.59. The molecule has 0 spiro atoms. The van der Waals surface area contributed by atoms with E-state index in [4.69, 9.17) is 4.74 Å². The molecule has 1 heterocycles. The quantitative estimate of drug-likeness (QED) is 0.473. The van der Waals surface area contributed by atoms with E-state index in [-0.39, 0.29) is 18.9 Å². The van der Waals surface area contributed by atoms with Gasteiger partial charge in [0.25, 0.3) is 5.91 Å². The van der Waals surface area contributed by atoms with Crippen LogP contribution in [0.5, 0.6) is 0 Å². The number of amides is 3. The molecule has 0 saturated carbocycles. The summed E-state index contributed by atoms with van der Waals surface area (Å²) in [4.78, 5) is 37.6. The number of hydrogen-bond acceptors (Lipinski definition) is 4. The van der Waals surface area contributed by atoms with Gasteiger partial charge in [0.05, 0.1) is 13.0 Å². The average molecular weight is 332 g/mol. The molecule has 1 aromatic rings. The van der Waals surface area contributed by atoms with Crippen molar-refractivity contribution in [1.82, 2.24) is 10.2 Å². The number of rotatable bonds is 7. The second kappa shape index (κ2) is 7.47. The standard InChI is InChI=1S/C18H24N2O4/c1-4-5-12-24-15(21)10-11-20-16(22)18(3,19-17(20)23)14-8-6-13(2)7-9-14/h6-9H,4-5,10-12H2,1-3H3,(H,19,23)/t18-/m1/s1. The molecule has 24 heavy (non-hydrogen) atoms. The topological polar surface area (TPSA) is 75.7 Å². The normalized spacial score (nSPS) is 20.2. The maximum atomic E-state index is 12.7. The molecule has 0 aromatic heterocycles. The van der Waals surface area contributed by atoms with E-state index in [9.17, 15) is 14.4 Å². The number of aryl methyl sites for hydroxylation is 1. The summed E-state index contributed by atoms with van der Waals surface area (Å²) >= 11 is 0. The third-order valence-electron chi connectivity index (χ3n) is 4.20. The third kappa shape index (κ3) is 3.75. The zero-order chi connectivity index (χ0) is 17.7. The van der Waals surface area contributed by atoms with Crippen LogP contribution >= 0.6 is 0 Å². The number of esters is 1. The van der Waals surface area contributed by atoms with Crippen molar-refractivity contribution >= 4 is 17.9 Å². The van der Waals surface area contributed by atoms with Gasteiger partial charge >= 0.3 is 12.0 Å². The lowest BCUT2D eigenvalue weighted by molar-refractivity contribution is -0.144. The van der Waals surface area contributed by atoms with Crippen LogP contribution in [0.4, 0.5) is 4.79 Å². The first-order valence-electron chi connectivity index (χ1n) is 8.25. The van der Waals surface area contributed by atoms with Gasteiger partial charge in [-0.25, -0.2) is 4.79 Å². The van der Waals surface area contributed by atoms with Gasteiger partial charge in [-0.15, -0.1) is 0 Å². The minimum Gasteiger partial charge on any atom is -0.466 e. The average Bonchev–Trinajstić information content (AvgIpc) is 2.77. The van der Waals surface area contributed by atoms with Crippen LogP contribution in [0.15, 0.2) is 24.3 Å². The number of urea groups is 1. The zero-order valence-electron chi connectivity index (χ0n) is 14.4. The van der Waals surface area contributed by atoms with Crippen LogP contribution in [-0.4, -0.2) is 36.0 Å². The first kappa shape index (κ1) is 18.0. The smallest absolute Gasteiger partial charge is 0.325 e. The molecule has 1 aliphatic heterocycles. The molecule has 1 saturated heterocycles. The highest BCUT2D eigenvalue weighted by atomic mass is 16.5. The Bertz CT molecular complexity index is 626. The van der Waals surface area contributed by atoms with Crippen molar-refractivity contribution in [2.45, 2.75) is 45.6 Å². The molecule has 130 valence electrons. The first-order chi connectivity index (χ1) is 11.4. The second-order valence-electron chi connectivity index (χ2n) is 6.20. The molecule has 0 bridgehead atoms. The van der Waals surface area contributed by atoms with Crippen LogP contribution < -0.4 is 5.32 Å². The number of nitrogens with one attached hydrogen (secondary N) is 1. The molecule has 1 aliphatic rings. The van der Waals surface area contributed by atoms with Gasteiger partial charge in [0.15, 0.2) is 0 Å². The molecule has 3 amide bonds. The molecular formula is C18H24N2O4. The minimum atomic E-state index is -1.10. The fourth-order valence-corrected chi connectivity index (χ4v) is 2.59. The maximum absolute atomic E-state index is 12.7. The van der Waals surface area contributed by atoms with E-state index < -0.39 is 17.5 Å². The molecule has 6 nitrogen and oxygen atoms in total. The van der Waals surface area contributed by atoms with Crippen LogP contribution in [0.2, 0.25) is 0 Å². The predicted octanol–water partition coefficient (Wildman–Crippen LogP) is 2.50. The lowest BCUT2D eigenvalue weighted by Crippen LogP contribution is -2.41. The molecular weight excluding hydrogens is 308 g/mol. The van der Waals surface area contributed by atoms with Gasteiger partial charge in [0, 0.05) is 6.54 Å². The summed E-state index contributed by atoms with van der Waals surface area (Å²) in [6.45, 7) is 6.04. The fraction of sp³-hybridized carbons (Fsp3) is 0.500. The summed E-state index contributed by atoms with van der Waals surface area (Å²) in [5, 5.41) is 2.73. The van der Waals surface area contributed by atoms with Gasteiger partial charge < -0.3 is 10.1 Å². The van der Waals surface area contributed by atoms with E-state index in [0.717, 1.165) is 28.9 Å². The highest BCUT2D eigenvalue weighted by molar-refractivity contribution is 6.07. The van der Waals surface area contributed by atoms with Gasteiger partial charge in [0.1, 0.15) is 5.54 Å². The van der Waals surface area contributed by atoms with Gasteiger partial charge in [-0.3, -0.25) is 14.5 Å². The summed E-state index contributed by atoms with van der Waals surface area (Å²) in [5.74, 6) is -0.745. The molecule has 0 unspecified atom stereocenters. The Morgan fingerprint density at radius 3 is 2.54 bits per heavy atom. The summed E-state index contributed by atoms with van der Waals surface area (Å²) in [5.41, 5.74) is 0.696. The summed E-state index contributed by atoms with van der Waals surface area (Å²) in [7, 11) is 0. The largest absolute Gasteiger partial charge is 0.466 e. The van der Waals surface area contributed by atoms with Crippen molar-refractivity contribution in [2.24, 2.45) is 0 Å². The van der Waals surface area contributed by atoms with Crippen LogP contribution in [0.1, 0.15) is 44.2 Å². The maximum Gasteiger partial charge on any atom is 0.325 e. The van der Waals surface area contributed by atoms with E-state index in [0.29, 0.717) is 6.61 Å². The molecule has 1 atom stereocenters. The molecule has 1 fully saturated rings. The van der Waals surface area contributed by atoms with Crippen LogP contribution in [0.25, 0.3) is 0 Å². The van der Waals surface area contributed by atoms with Gasteiger partial charge in [-0.1, -0.05) is 43.2 Å². The first-order valence-corrected chi connectivity index (χ1v) is 8.25. The predicted molar refractivity (Wildman–Crippen MR) is 89.3 cm³/mol. The lowest BCUT2D eigenvalue weighted by atomic mass is 9.91. The molecule has 6 heteroatoms. The van der Waals surface area contributed by atoms with Gasteiger partial charge in [-0.05, 0) is 25.8 Å². The molecule has 1 N–H and O–H groups in total. The Labute approximate surface area is 142 Å². The number of carbonyl (C=O) groups excluding carboxylic acids is 3. The SMILES string of the molecule is CCCCOC(=O)CCN1C(=O)N[C@](C)(c2ccc(C)cc2)C1=O. The Morgan fingerprint density at radius 2 is 1.92 bits per heavy atom. The number of hydrogen-bond donors (Lipinski definition) is 1.